The summed E-state index contributed by atoms with van der Waals surface area (Å²) >= 11 is 0. The fourth-order valence-corrected chi connectivity index (χ4v) is 2.92. The van der Waals surface area contributed by atoms with Crippen LogP contribution >= 0.6 is 0 Å². The van der Waals surface area contributed by atoms with Crippen molar-refractivity contribution in [1.82, 2.24) is 5.32 Å². The van der Waals surface area contributed by atoms with Gasteiger partial charge >= 0.3 is 0 Å². The Bertz CT molecular complexity index is 803. The number of nitrogens with one attached hydrogen (secondary N) is 1. The second-order valence-corrected chi connectivity index (χ2v) is 6.66. The Balaban J connectivity index is 1.63. The molecule has 1 amide bonds. The van der Waals surface area contributed by atoms with Crippen LogP contribution in [0.2, 0.25) is 0 Å². The minimum Gasteiger partial charge on any atom is -0.486 e. The third kappa shape index (κ3) is 4.10. The van der Waals surface area contributed by atoms with E-state index in [2.05, 4.69) is 5.32 Å². The van der Waals surface area contributed by atoms with Crippen LogP contribution in [0.1, 0.15) is 36.6 Å². The molecule has 26 heavy (non-hydrogen) atoms. The molecule has 2 atom stereocenters. The Hall–Kier alpha value is -2.69. The van der Waals surface area contributed by atoms with E-state index >= 15 is 0 Å². The highest BCUT2D eigenvalue weighted by Gasteiger charge is 2.20. The zero-order chi connectivity index (χ0) is 18.7. The van der Waals surface area contributed by atoms with E-state index in [9.17, 15) is 4.79 Å². The molecule has 0 aromatic heterocycles. The maximum atomic E-state index is 12.5. The Morgan fingerprint density at radius 1 is 1.04 bits per heavy atom. The van der Waals surface area contributed by atoms with E-state index in [1.807, 2.05) is 57.2 Å². The van der Waals surface area contributed by atoms with Gasteiger partial charge in [-0.1, -0.05) is 23.8 Å². The number of hydrogen-bond acceptors (Lipinski definition) is 4. The Morgan fingerprint density at radius 3 is 2.50 bits per heavy atom. The van der Waals surface area contributed by atoms with Crippen molar-refractivity contribution in [3.05, 3.63) is 53.1 Å². The first-order valence-corrected chi connectivity index (χ1v) is 8.88. The van der Waals surface area contributed by atoms with Crippen molar-refractivity contribution in [2.75, 3.05) is 13.2 Å². The van der Waals surface area contributed by atoms with Gasteiger partial charge in [-0.3, -0.25) is 4.79 Å². The SMILES string of the molecule is Cc1ccc(O[C@@H](C)C(=O)N[C@@H](C)c2ccc3c(c2)OCCO3)c(C)c1. The average Bonchev–Trinajstić information content (AvgIpc) is 2.63. The maximum absolute atomic E-state index is 12.5. The van der Waals surface area contributed by atoms with E-state index in [1.54, 1.807) is 6.92 Å². The molecule has 0 fully saturated rings. The largest absolute Gasteiger partial charge is 0.486 e. The summed E-state index contributed by atoms with van der Waals surface area (Å²) in [7, 11) is 0. The number of aryl methyl sites for hydroxylation is 2. The van der Waals surface area contributed by atoms with Crippen LogP contribution in [0.15, 0.2) is 36.4 Å². The Kier molecular flexibility index (Phi) is 5.35. The standard InChI is InChI=1S/C21H25NO4/c1-13-5-7-18(14(2)11-13)26-16(4)21(23)22-15(3)17-6-8-19-20(12-17)25-10-9-24-19/h5-8,11-12,15-16H,9-10H2,1-4H3,(H,22,23)/t15-,16-/m0/s1. The summed E-state index contributed by atoms with van der Waals surface area (Å²) < 4.78 is 17.0. The van der Waals surface area contributed by atoms with Crippen molar-refractivity contribution >= 4 is 5.91 Å². The number of fused-ring (bicyclic) bond motifs is 1. The Labute approximate surface area is 154 Å². The predicted octanol–water partition coefficient (Wildman–Crippen LogP) is 3.72. The summed E-state index contributed by atoms with van der Waals surface area (Å²) in [5.41, 5.74) is 3.14. The van der Waals surface area contributed by atoms with Crippen LogP contribution in [0.4, 0.5) is 0 Å². The van der Waals surface area contributed by atoms with Crippen molar-refractivity contribution in [2.45, 2.75) is 39.8 Å². The lowest BCUT2D eigenvalue weighted by Crippen LogP contribution is -2.37. The second-order valence-electron chi connectivity index (χ2n) is 6.66. The molecule has 2 aromatic rings. The van der Waals surface area contributed by atoms with Gasteiger partial charge in [0.2, 0.25) is 0 Å². The zero-order valence-electron chi connectivity index (χ0n) is 15.7. The fraction of sp³-hybridized carbons (Fsp3) is 0.381. The van der Waals surface area contributed by atoms with Crippen molar-refractivity contribution in [2.24, 2.45) is 0 Å². The summed E-state index contributed by atoms with van der Waals surface area (Å²) in [4.78, 5) is 12.5. The van der Waals surface area contributed by atoms with Gasteiger partial charge in [0.05, 0.1) is 6.04 Å². The van der Waals surface area contributed by atoms with E-state index in [1.165, 1.54) is 5.56 Å². The van der Waals surface area contributed by atoms with E-state index in [4.69, 9.17) is 14.2 Å². The van der Waals surface area contributed by atoms with Gasteiger partial charge in [-0.25, -0.2) is 0 Å². The molecule has 5 nitrogen and oxygen atoms in total. The minimum absolute atomic E-state index is 0.160. The number of benzene rings is 2. The molecule has 0 saturated heterocycles. The number of rotatable bonds is 5. The molecule has 0 radical (unpaired) electrons. The molecule has 1 aliphatic rings. The molecule has 0 unspecified atom stereocenters. The van der Waals surface area contributed by atoms with Gasteiger partial charge in [-0.2, -0.15) is 0 Å². The normalized spacial score (nSPS) is 15.1. The fourth-order valence-electron chi connectivity index (χ4n) is 2.92. The lowest BCUT2D eigenvalue weighted by atomic mass is 10.1. The number of carbonyl (C=O) groups is 1. The Morgan fingerprint density at radius 2 is 1.77 bits per heavy atom. The van der Waals surface area contributed by atoms with Crippen LogP contribution in [-0.2, 0) is 4.79 Å². The number of hydrogen-bond donors (Lipinski definition) is 1. The zero-order valence-corrected chi connectivity index (χ0v) is 15.7. The molecule has 138 valence electrons. The molecule has 1 N–H and O–H groups in total. The van der Waals surface area contributed by atoms with Crippen molar-refractivity contribution in [3.8, 4) is 17.2 Å². The first kappa shape index (κ1) is 18.1. The van der Waals surface area contributed by atoms with Gasteiger partial charge < -0.3 is 19.5 Å². The summed E-state index contributed by atoms with van der Waals surface area (Å²) in [6.45, 7) is 8.80. The topological polar surface area (TPSA) is 56.8 Å². The van der Waals surface area contributed by atoms with E-state index in [0.717, 1.165) is 28.4 Å². The minimum atomic E-state index is -0.587. The van der Waals surface area contributed by atoms with E-state index < -0.39 is 6.10 Å². The number of ether oxygens (including phenoxy) is 3. The first-order chi connectivity index (χ1) is 12.4. The number of carbonyl (C=O) groups excluding carboxylic acids is 1. The van der Waals surface area contributed by atoms with Gasteiger partial charge in [0.15, 0.2) is 17.6 Å². The third-order valence-corrected chi connectivity index (χ3v) is 4.43. The maximum Gasteiger partial charge on any atom is 0.261 e. The van der Waals surface area contributed by atoms with Crippen molar-refractivity contribution < 1.29 is 19.0 Å². The van der Waals surface area contributed by atoms with Gasteiger partial charge in [0.25, 0.3) is 5.91 Å². The lowest BCUT2D eigenvalue weighted by Gasteiger charge is -2.22. The molecule has 2 aromatic carbocycles. The highest BCUT2D eigenvalue weighted by atomic mass is 16.6. The van der Waals surface area contributed by atoms with Crippen LogP contribution in [-0.4, -0.2) is 25.2 Å². The predicted molar refractivity (Wildman–Crippen MR) is 100.0 cm³/mol. The first-order valence-electron chi connectivity index (χ1n) is 8.88. The van der Waals surface area contributed by atoms with E-state index in [-0.39, 0.29) is 11.9 Å². The molecule has 0 spiro atoms. The van der Waals surface area contributed by atoms with Gasteiger partial charge in [0, 0.05) is 0 Å². The molecule has 1 heterocycles. The van der Waals surface area contributed by atoms with Gasteiger partial charge in [-0.15, -0.1) is 0 Å². The lowest BCUT2D eigenvalue weighted by molar-refractivity contribution is -0.127. The molecule has 1 aliphatic heterocycles. The molecule has 5 heteroatoms. The van der Waals surface area contributed by atoms with Crippen molar-refractivity contribution in [3.63, 3.8) is 0 Å². The van der Waals surface area contributed by atoms with Gasteiger partial charge in [-0.05, 0) is 57.0 Å². The van der Waals surface area contributed by atoms with Gasteiger partial charge in [0.1, 0.15) is 19.0 Å². The molecule has 0 saturated carbocycles. The van der Waals surface area contributed by atoms with Crippen LogP contribution in [0.25, 0.3) is 0 Å². The molecule has 0 bridgehead atoms. The molecular weight excluding hydrogens is 330 g/mol. The highest BCUT2D eigenvalue weighted by molar-refractivity contribution is 5.81. The summed E-state index contributed by atoms with van der Waals surface area (Å²) in [5, 5.41) is 2.99. The second kappa shape index (κ2) is 7.68. The van der Waals surface area contributed by atoms with Crippen molar-refractivity contribution in [1.29, 1.82) is 0 Å². The summed E-state index contributed by atoms with van der Waals surface area (Å²) in [5.74, 6) is 2.03. The quantitative estimate of drug-likeness (QED) is 0.888. The smallest absolute Gasteiger partial charge is 0.261 e. The molecule has 0 aliphatic carbocycles. The van der Waals surface area contributed by atoms with Crippen LogP contribution < -0.4 is 19.5 Å². The average molecular weight is 355 g/mol. The summed E-state index contributed by atoms with van der Waals surface area (Å²) in [6.07, 6.45) is -0.587. The highest BCUT2D eigenvalue weighted by Crippen LogP contribution is 2.32. The molecular formula is C21H25NO4. The third-order valence-electron chi connectivity index (χ3n) is 4.43. The molecule has 3 rings (SSSR count). The number of amides is 1. The summed E-state index contributed by atoms with van der Waals surface area (Å²) in [6, 6.07) is 11.5. The van der Waals surface area contributed by atoms with E-state index in [0.29, 0.717) is 13.2 Å². The van der Waals surface area contributed by atoms with Crippen LogP contribution in [0.5, 0.6) is 17.2 Å². The monoisotopic (exact) mass is 355 g/mol. The van der Waals surface area contributed by atoms with Crippen LogP contribution in [0.3, 0.4) is 0 Å². The van der Waals surface area contributed by atoms with Crippen LogP contribution in [0, 0.1) is 13.8 Å².